The Morgan fingerprint density at radius 3 is 2.26 bits per heavy atom. The highest BCUT2D eigenvalue weighted by molar-refractivity contribution is 6.00. The van der Waals surface area contributed by atoms with E-state index in [0.717, 1.165) is 11.1 Å². The summed E-state index contributed by atoms with van der Waals surface area (Å²) < 4.78 is 16.4. The van der Waals surface area contributed by atoms with Gasteiger partial charge in [-0.1, -0.05) is 12.1 Å². The molecule has 188 valence electrons. The number of anilines is 1. The molecule has 0 aromatic heterocycles. The number of fused-ring (bicyclic) bond motifs is 1. The van der Waals surface area contributed by atoms with Gasteiger partial charge < -0.3 is 28.9 Å². The molecule has 1 aliphatic rings. The average Bonchev–Trinajstić information content (AvgIpc) is 2.92. The minimum absolute atomic E-state index is 0.292. The van der Waals surface area contributed by atoms with Crippen LogP contribution in [0, 0.1) is 0 Å². The van der Waals surface area contributed by atoms with Crippen molar-refractivity contribution in [3.8, 4) is 11.5 Å². The Bertz CT molecular complexity index is 1070. The standard InChI is InChI=1S/C26H33N3O6/c1-17(30)34-24-22(18-7-9-20(33-6)10-8-18)16-19-15-21(35-26(32)28(4)5)11-12-23(19)29(25(24)31)14-13-27(2)3/h7-12,15,22,24H,13-14,16H2,1-6H3/t22-,24+/m1/s1. The van der Waals surface area contributed by atoms with Crippen molar-refractivity contribution < 1.29 is 28.6 Å². The van der Waals surface area contributed by atoms with Crippen molar-refractivity contribution >= 4 is 23.7 Å². The quantitative estimate of drug-likeness (QED) is 0.560. The normalized spacial score (nSPS) is 17.5. The first kappa shape index (κ1) is 26.0. The lowest BCUT2D eigenvalue weighted by molar-refractivity contribution is -0.154. The minimum atomic E-state index is -1.01. The van der Waals surface area contributed by atoms with Gasteiger partial charge in [-0.15, -0.1) is 0 Å². The smallest absolute Gasteiger partial charge is 0.414 e. The predicted molar refractivity (Wildman–Crippen MR) is 132 cm³/mol. The van der Waals surface area contributed by atoms with Gasteiger partial charge in [-0.25, -0.2) is 4.79 Å². The molecule has 0 aliphatic carbocycles. The molecule has 1 heterocycles. The third kappa shape index (κ3) is 6.30. The number of nitrogens with zero attached hydrogens (tertiary/aromatic N) is 3. The van der Waals surface area contributed by atoms with Crippen molar-refractivity contribution in [1.82, 2.24) is 9.80 Å². The van der Waals surface area contributed by atoms with Gasteiger partial charge in [0.25, 0.3) is 5.91 Å². The van der Waals surface area contributed by atoms with E-state index in [9.17, 15) is 14.4 Å². The zero-order valence-corrected chi connectivity index (χ0v) is 21.1. The lowest BCUT2D eigenvalue weighted by atomic mass is 9.87. The molecule has 0 spiro atoms. The number of rotatable bonds is 7. The van der Waals surface area contributed by atoms with E-state index >= 15 is 0 Å². The number of ether oxygens (including phenoxy) is 3. The molecule has 9 heteroatoms. The second-order valence-corrected chi connectivity index (χ2v) is 8.96. The number of esters is 1. The second kappa shape index (κ2) is 11.2. The van der Waals surface area contributed by atoms with Gasteiger partial charge in [0, 0.05) is 45.7 Å². The van der Waals surface area contributed by atoms with Gasteiger partial charge in [-0.2, -0.15) is 0 Å². The zero-order valence-electron chi connectivity index (χ0n) is 21.1. The topological polar surface area (TPSA) is 88.6 Å². The molecule has 2 aromatic carbocycles. The maximum atomic E-state index is 13.8. The molecule has 3 rings (SSSR count). The molecule has 9 nitrogen and oxygen atoms in total. The first-order chi connectivity index (χ1) is 16.6. The van der Waals surface area contributed by atoms with Gasteiger partial charge in [-0.3, -0.25) is 9.59 Å². The van der Waals surface area contributed by atoms with Crippen LogP contribution in [0.15, 0.2) is 42.5 Å². The minimum Gasteiger partial charge on any atom is -0.497 e. The third-order valence-corrected chi connectivity index (χ3v) is 5.83. The van der Waals surface area contributed by atoms with Crippen LogP contribution in [0.2, 0.25) is 0 Å². The molecule has 2 amide bonds. The molecule has 0 saturated carbocycles. The Morgan fingerprint density at radius 1 is 1.03 bits per heavy atom. The first-order valence-corrected chi connectivity index (χ1v) is 11.4. The van der Waals surface area contributed by atoms with Crippen molar-refractivity contribution in [2.75, 3.05) is 53.3 Å². The average molecular weight is 484 g/mol. The summed E-state index contributed by atoms with van der Waals surface area (Å²) in [6.07, 6.45) is -1.11. The van der Waals surface area contributed by atoms with Crippen LogP contribution in [0.1, 0.15) is 24.0 Å². The monoisotopic (exact) mass is 483 g/mol. The van der Waals surface area contributed by atoms with Crippen LogP contribution in [0.4, 0.5) is 10.5 Å². The van der Waals surface area contributed by atoms with E-state index in [1.54, 1.807) is 44.3 Å². The van der Waals surface area contributed by atoms with Gasteiger partial charge in [0.1, 0.15) is 11.5 Å². The van der Waals surface area contributed by atoms with Gasteiger partial charge in [0.15, 0.2) is 6.10 Å². The van der Waals surface area contributed by atoms with E-state index in [1.807, 2.05) is 43.3 Å². The van der Waals surface area contributed by atoms with E-state index in [2.05, 4.69) is 0 Å². The summed E-state index contributed by atoms with van der Waals surface area (Å²) in [6, 6.07) is 12.6. The number of carbonyl (C=O) groups excluding carboxylic acids is 3. The van der Waals surface area contributed by atoms with Crippen molar-refractivity contribution in [2.24, 2.45) is 0 Å². The molecule has 0 N–H and O–H groups in total. The third-order valence-electron chi connectivity index (χ3n) is 5.83. The molecule has 2 atom stereocenters. The van der Waals surface area contributed by atoms with Crippen LogP contribution in [0.25, 0.3) is 0 Å². The van der Waals surface area contributed by atoms with Crippen LogP contribution in [0.3, 0.4) is 0 Å². The van der Waals surface area contributed by atoms with Crippen molar-refractivity contribution in [3.05, 3.63) is 53.6 Å². The molecular weight excluding hydrogens is 450 g/mol. The SMILES string of the molecule is COc1ccc([C@H]2Cc3cc(OC(=O)N(C)C)ccc3N(CCN(C)C)C(=O)[C@H]2OC(C)=O)cc1. The highest BCUT2D eigenvalue weighted by Crippen LogP contribution is 2.38. The summed E-state index contributed by atoms with van der Waals surface area (Å²) in [5, 5.41) is 0. The summed E-state index contributed by atoms with van der Waals surface area (Å²) in [5.41, 5.74) is 2.35. The van der Waals surface area contributed by atoms with Crippen molar-refractivity contribution in [2.45, 2.75) is 25.4 Å². The lowest BCUT2D eigenvalue weighted by Gasteiger charge is -2.29. The molecule has 2 aromatic rings. The Kier molecular flexibility index (Phi) is 8.34. The Labute approximate surface area is 206 Å². The van der Waals surface area contributed by atoms with Crippen LogP contribution < -0.4 is 14.4 Å². The first-order valence-electron chi connectivity index (χ1n) is 11.4. The highest BCUT2D eigenvalue weighted by atomic mass is 16.6. The van der Waals surface area contributed by atoms with Crippen molar-refractivity contribution in [3.63, 3.8) is 0 Å². The van der Waals surface area contributed by atoms with E-state index in [1.165, 1.54) is 11.8 Å². The molecule has 0 radical (unpaired) electrons. The van der Waals surface area contributed by atoms with E-state index in [4.69, 9.17) is 14.2 Å². The largest absolute Gasteiger partial charge is 0.497 e. The zero-order chi connectivity index (χ0) is 25.7. The second-order valence-electron chi connectivity index (χ2n) is 8.96. The summed E-state index contributed by atoms with van der Waals surface area (Å²) >= 11 is 0. The van der Waals surface area contributed by atoms with E-state index in [-0.39, 0.29) is 5.91 Å². The van der Waals surface area contributed by atoms with Gasteiger partial charge in [0.05, 0.1) is 7.11 Å². The van der Waals surface area contributed by atoms with Crippen LogP contribution in [-0.4, -0.2) is 82.3 Å². The Balaban J connectivity index is 2.11. The summed E-state index contributed by atoms with van der Waals surface area (Å²) in [6.45, 7) is 2.32. The molecule has 35 heavy (non-hydrogen) atoms. The molecule has 0 saturated heterocycles. The van der Waals surface area contributed by atoms with Crippen LogP contribution in [-0.2, 0) is 20.7 Å². The lowest BCUT2D eigenvalue weighted by Crippen LogP contribution is -2.45. The fourth-order valence-electron chi connectivity index (χ4n) is 4.02. The Morgan fingerprint density at radius 2 is 1.69 bits per heavy atom. The maximum Gasteiger partial charge on any atom is 0.414 e. The molecular formula is C26H33N3O6. The molecule has 0 bridgehead atoms. The summed E-state index contributed by atoms with van der Waals surface area (Å²) in [4.78, 5) is 43.0. The van der Waals surface area contributed by atoms with Gasteiger partial charge >= 0.3 is 12.1 Å². The molecule has 0 fully saturated rings. The van der Waals surface area contributed by atoms with Crippen LogP contribution >= 0.6 is 0 Å². The number of carbonyl (C=O) groups is 3. The number of likely N-dealkylation sites (N-methyl/N-ethyl adjacent to an activating group) is 1. The fourth-order valence-corrected chi connectivity index (χ4v) is 4.02. The van der Waals surface area contributed by atoms with E-state index < -0.39 is 24.1 Å². The molecule has 1 aliphatic heterocycles. The number of hydrogen-bond donors (Lipinski definition) is 0. The van der Waals surface area contributed by atoms with Crippen LogP contribution in [0.5, 0.6) is 11.5 Å². The number of methoxy groups -OCH3 is 1. The van der Waals surface area contributed by atoms with Gasteiger partial charge in [-0.05, 0) is 62.0 Å². The fraction of sp³-hybridized carbons (Fsp3) is 0.423. The molecule has 0 unspecified atom stereocenters. The van der Waals surface area contributed by atoms with Gasteiger partial charge in [0.2, 0.25) is 0 Å². The number of amides is 2. The van der Waals surface area contributed by atoms with Crippen molar-refractivity contribution in [1.29, 1.82) is 0 Å². The number of benzene rings is 2. The maximum absolute atomic E-state index is 13.8. The highest BCUT2D eigenvalue weighted by Gasteiger charge is 2.40. The predicted octanol–water partition coefficient (Wildman–Crippen LogP) is 2.92. The Hall–Kier alpha value is -3.59. The number of hydrogen-bond acceptors (Lipinski definition) is 7. The summed E-state index contributed by atoms with van der Waals surface area (Å²) in [7, 11) is 8.66. The summed E-state index contributed by atoms with van der Waals surface area (Å²) in [5.74, 6) is -0.202. The van der Waals surface area contributed by atoms with E-state index in [0.29, 0.717) is 36.7 Å².